The third-order valence-corrected chi connectivity index (χ3v) is 7.14. The molecule has 0 aliphatic carbocycles. The number of aliphatic carboxylic acids is 1. The van der Waals surface area contributed by atoms with Crippen LogP contribution in [0.3, 0.4) is 0 Å². The van der Waals surface area contributed by atoms with Crippen LogP contribution < -0.4 is 0 Å². The molecule has 190 valence electrons. The van der Waals surface area contributed by atoms with Crippen molar-refractivity contribution in [3.05, 3.63) is 12.2 Å². The molecule has 0 radical (unpaired) electrons. The van der Waals surface area contributed by atoms with E-state index in [0.29, 0.717) is 0 Å². The van der Waals surface area contributed by atoms with Gasteiger partial charge in [-0.2, -0.15) is 0 Å². The van der Waals surface area contributed by atoms with Gasteiger partial charge < -0.3 is 5.11 Å². The molecular formula is C30H58O2. The summed E-state index contributed by atoms with van der Waals surface area (Å²) < 4.78 is 0. The lowest BCUT2D eigenvalue weighted by Gasteiger charge is -2.30. The normalized spacial score (nSPS) is 13.6. The van der Waals surface area contributed by atoms with E-state index in [1.54, 1.807) is 0 Å². The Bertz CT molecular complexity index is 429. The topological polar surface area (TPSA) is 37.3 Å². The van der Waals surface area contributed by atoms with E-state index >= 15 is 0 Å². The highest BCUT2D eigenvalue weighted by Gasteiger charge is 2.36. The van der Waals surface area contributed by atoms with E-state index < -0.39 is 11.4 Å². The largest absolute Gasteiger partial charge is 0.481 e. The summed E-state index contributed by atoms with van der Waals surface area (Å²) in [4.78, 5) is 12.2. The molecule has 0 bridgehead atoms. The lowest BCUT2D eigenvalue weighted by Crippen LogP contribution is -2.31. The first-order chi connectivity index (χ1) is 15.6. The third kappa shape index (κ3) is 17.7. The van der Waals surface area contributed by atoms with Crippen molar-refractivity contribution >= 4 is 5.97 Å². The zero-order chi connectivity index (χ0) is 23.8. The molecule has 32 heavy (non-hydrogen) atoms. The number of allylic oxidation sites excluding steroid dienone is 2. The predicted molar refractivity (Wildman–Crippen MR) is 142 cm³/mol. The van der Waals surface area contributed by atoms with Gasteiger partial charge in [-0.05, 0) is 44.9 Å². The van der Waals surface area contributed by atoms with Gasteiger partial charge in [0.15, 0.2) is 0 Å². The molecule has 0 rings (SSSR count). The minimum absolute atomic E-state index is 0.461. The van der Waals surface area contributed by atoms with Crippen molar-refractivity contribution in [1.82, 2.24) is 0 Å². The van der Waals surface area contributed by atoms with Crippen molar-refractivity contribution in [2.75, 3.05) is 0 Å². The summed E-state index contributed by atoms with van der Waals surface area (Å²) in [6, 6.07) is 0. The maximum Gasteiger partial charge on any atom is 0.309 e. The zero-order valence-electron chi connectivity index (χ0n) is 22.3. The van der Waals surface area contributed by atoms with Crippen LogP contribution in [-0.4, -0.2) is 11.1 Å². The quantitative estimate of drug-likeness (QED) is 0.111. The molecular weight excluding hydrogens is 392 g/mol. The molecule has 0 fully saturated rings. The lowest BCUT2D eigenvalue weighted by atomic mass is 9.74. The molecule has 0 spiro atoms. The number of carboxylic acids is 1. The van der Waals surface area contributed by atoms with Crippen molar-refractivity contribution < 1.29 is 9.90 Å². The number of unbranched alkanes of at least 4 members (excludes halogenated alkanes) is 16. The summed E-state index contributed by atoms with van der Waals surface area (Å²) in [5.41, 5.74) is -0.461. The highest BCUT2D eigenvalue weighted by Crippen LogP contribution is 2.37. The number of carboxylic acid groups (broad SMARTS) is 1. The Balaban J connectivity index is 4.04. The molecule has 0 saturated heterocycles. The summed E-state index contributed by atoms with van der Waals surface area (Å²) in [5, 5.41) is 10.1. The van der Waals surface area contributed by atoms with Crippen LogP contribution >= 0.6 is 0 Å². The third-order valence-electron chi connectivity index (χ3n) is 7.14. The van der Waals surface area contributed by atoms with E-state index in [4.69, 9.17) is 0 Å². The van der Waals surface area contributed by atoms with Crippen LogP contribution in [0.25, 0.3) is 0 Å². The standard InChI is InChI=1S/C30H58O2/c1-4-7-10-12-14-15-16-17-18-19-20-21-23-25-28-30(29(31)32,26-9-6-3)27-24-22-13-11-8-5-2/h17-18H,4-16,19-28H2,1-3H3,(H,31,32). The molecule has 0 aliphatic rings. The van der Waals surface area contributed by atoms with Crippen molar-refractivity contribution in [2.24, 2.45) is 5.41 Å². The highest BCUT2D eigenvalue weighted by molar-refractivity contribution is 5.74. The van der Waals surface area contributed by atoms with Gasteiger partial charge in [0, 0.05) is 0 Å². The second-order valence-corrected chi connectivity index (χ2v) is 10.2. The minimum atomic E-state index is -0.530. The molecule has 0 aromatic rings. The van der Waals surface area contributed by atoms with Crippen LogP contribution in [0.2, 0.25) is 0 Å². The van der Waals surface area contributed by atoms with Gasteiger partial charge in [-0.25, -0.2) is 0 Å². The fourth-order valence-corrected chi connectivity index (χ4v) is 4.81. The second kappa shape index (κ2) is 23.4. The Morgan fingerprint density at radius 1 is 0.531 bits per heavy atom. The van der Waals surface area contributed by atoms with Crippen LogP contribution in [0, 0.1) is 5.41 Å². The molecule has 2 heteroatoms. The van der Waals surface area contributed by atoms with Gasteiger partial charge in [-0.3, -0.25) is 4.79 Å². The molecule has 0 aliphatic heterocycles. The van der Waals surface area contributed by atoms with Gasteiger partial charge in [-0.15, -0.1) is 0 Å². The van der Waals surface area contributed by atoms with Crippen LogP contribution in [0.15, 0.2) is 12.2 Å². The van der Waals surface area contributed by atoms with Gasteiger partial charge in [-0.1, -0.05) is 136 Å². The van der Waals surface area contributed by atoms with Crippen molar-refractivity contribution in [3.8, 4) is 0 Å². The Morgan fingerprint density at radius 2 is 0.875 bits per heavy atom. The maximum atomic E-state index is 12.2. The fraction of sp³-hybridized carbons (Fsp3) is 0.900. The number of carbonyl (C=O) groups is 1. The van der Waals surface area contributed by atoms with E-state index in [-0.39, 0.29) is 0 Å². The molecule has 1 N–H and O–H groups in total. The van der Waals surface area contributed by atoms with Crippen molar-refractivity contribution in [2.45, 2.75) is 168 Å². The molecule has 0 saturated carbocycles. The summed E-state index contributed by atoms with van der Waals surface area (Å²) >= 11 is 0. The lowest BCUT2D eigenvalue weighted by molar-refractivity contribution is -0.150. The fourth-order valence-electron chi connectivity index (χ4n) is 4.81. The van der Waals surface area contributed by atoms with Gasteiger partial charge in [0.05, 0.1) is 5.41 Å². The molecule has 1 unspecified atom stereocenters. The number of hydrogen-bond donors (Lipinski definition) is 1. The Labute approximate surface area is 202 Å². The zero-order valence-corrected chi connectivity index (χ0v) is 22.3. The van der Waals surface area contributed by atoms with Gasteiger partial charge >= 0.3 is 5.97 Å². The Kier molecular flexibility index (Phi) is 22.8. The smallest absolute Gasteiger partial charge is 0.309 e. The molecule has 0 amide bonds. The van der Waals surface area contributed by atoms with E-state index in [2.05, 4.69) is 32.9 Å². The van der Waals surface area contributed by atoms with E-state index in [9.17, 15) is 9.90 Å². The Morgan fingerprint density at radius 3 is 1.28 bits per heavy atom. The SMILES string of the molecule is CCCCCCCCC=CCCCCCCC(CCCC)(CCCCCCCC)C(=O)O. The van der Waals surface area contributed by atoms with Gasteiger partial charge in [0.1, 0.15) is 0 Å². The first-order valence-corrected chi connectivity index (χ1v) is 14.5. The van der Waals surface area contributed by atoms with Gasteiger partial charge in [0.2, 0.25) is 0 Å². The molecule has 2 nitrogen and oxygen atoms in total. The van der Waals surface area contributed by atoms with Crippen LogP contribution in [0.1, 0.15) is 168 Å². The summed E-state index contributed by atoms with van der Waals surface area (Å²) in [6.07, 6.45) is 32.4. The van der Waals surface area contributed by atoms with Crippen LogP contribution in [0.5, 0.6) is 0 Å². The summed E-state index contributed by atoms with van der Waals surface area (Å²) in [6.45, 7) is 6.69. The average Bonchev–Trinajstić information content (AvgIpc) is 2.79. The number of rotatable bonds is 25. The second-order valence-electron chi connectivity index (χ2n) is 10.2. The molecule has 0 heterocycles. The number of hydrogen-bond acceptors (Lipinski definition) is 1. The monoisotopic (exact) mass is 450 g/mol. The highest BCUT2D eigenvalue weighted by atomic mass is 16.4. The summed E-state index contributed by atoms with van der Waals surface area (Å²) in [5.74, 6) is -0.530. The van der Waals surface area contributed by atoms with Crippen LogP contribution in [-0.2, 0) is 4.79 Å². The van der Waals surface area contributed by atoms with E-state index in [0.717, 1.165) is 44.9 Å². The van der Waals surface area contributed by atoms with Crippen molar-refractivity contribution in [1.29, 1.82) is 0 Å². The maximum absolute atomic E-state index is 12.2. The van der Waals surface area contributed by atoms with E-state index in [1.807, 2.05) is 0 Å². The molecule has 0 aromatic heterocycles. The molecule has 1 atom stereocenters. The minimum Gasteiger partial charge on any atom is -0.481 e. The summed E-state index contributed by atoms with van der Waals surface area (Å²) in [7, 11) is 0. The predicted octanol–water partition coefficient (Wildman–Crippen LogP) is 10.6. The average molecular weight is 451 g/mol. The first-order valence-electron chi connectivity index (χ1n) is 14.5. The van der Waals surface area contributed by atoms with E-state index in [1.165, 1.54) is 103 Å². The Hall–Kier alpha value is -0.790. The van der Waals surface area contributed by atoms with Gasteiger partial charge in [0.25, 0.3) is 0 Å². The van der Waals surface area contributed by atoms with Crippen molar-refractivity contribution in [3.63, 3.8) is 0 Å². The first kappa shape index (κ1) is 31.2. The molecule has 0 aromatic carbocycles. The van der Waals surface area contributed by atoms with Crippen LogP contribution in [0.4, 0.5) is 0 Å².